The lowest BCUT2D eigenvalue weighted by atomic mass is 10.3. The highest BCUT2D eigenvalue weighted by atomic mass is 35.5. The molecule has 9 nitrogen and oxygen atoms in total. The number of nitrogens with zero attached hydrogens (tertiary/aromatic N) is 5. The normalized spacial score (nSPS) is 10.9. The molecule has 0 aromatic carbocycles. The zero-order valence-corrected chi connectivity index (χ0v) is 14.7. The number of rotatable bonds is 6. The fourth-order valence-electron chi connectivity index (χ4n) is 2.38. The van der Waals surface area contributed by atoms with Crippen LogP contribution in [0.4, 0.5) is 5.69 Å². The van der Waals surface area contributed by atoms with Crippen molar-refractivity contribution in [1.82, 2.24) is 24.9 Å². The van der Waals surface area contributed by atoms with E-state index in [1.54, 1.807) is 18.7 Å². The molecule has 0 unspecified atom stereocenters. The topological polar surface area (TPSA) is 108 Å². The van der Waals surface area contributed by atoms with E-state index in [0.717, 1.165) is 11.4 Å². The maximum atomic E-state index is 12.1. The van der Waals surface area contributed by atoms with Crippen LogP contribution in [0, 0.1) is 30.9 Å². The Balaban J connectivity index is 1.96. The van der Waals surface area contributed by atoms with Crippen molar-refractivity contribution in [2.24, 2.45) is 7.05 Å². The molecule has 0 bridgehead atoms. The van der Waals surface area contributed by atoms with Crippen molar-refractivity contribution in [2.45, 2.75) is 33.7 Å². The fraction of sp³-hybridized carbons (Fsp3) is 0.500. The molecule has 2 aromatic heterocycles. The largest absolute Gasteiger partial charge is 0.350 e. The van der Waals surface area contributed by atoms with Gasteiger partial charge >= 0.3 is 5.69 Å². The second kappa shape index (κ2) is 7.00. The Kier molecular flexibility index (Phi) is 5.23. The lowest BCUT2D eigenvalue weighted by Crippen LogP contribution is -2.26. The van der Waals surface area contributed by atoms with Crippen LogP contribution in [-0.4, -0.2) is 36.9 Å². The number of nitrogens with one attached hydrogen (secondary N) is 1. The number of nitro groups is 1. The van der Waals surface area contributed by atoms with Gasteiger partial charge in [-0.05, 0) is 27.2 Å². The van der Waals surface area contributed by atoms with Crippen LogP contribution in [0.25, 0.3) is 0 Å². The molecule has 0 saturated carbocycles. The summed E-state index contributed by atoms with van der Waals surface area (Å²) in [5.74, 6) is -0.559. The first kappa shape index (κ1) is 17.9. The number of carbonyl (C=O) groups is 1. The van der Waals surface area contributed by atoms with E-state index < -0.39 is 10.8 Å². The zero-order chi connectivity index (χ0) is 18.0. The minimum Gasteiger partial charge on any atom is -0.350 e. The van der Waals surface area contributed by atoms with Gasteiger partial charge < -0.3 is 5.32 Å². The summed E-state index contributed by atoms with van der Waals surface area (Å²) in [7, 11) is 1.56. The van der Waals surface area contributed by atoms with Crippen LogP contribution in [-0.2, 0) is 13.6 Å². The van der Waals surface area contributed by atoms with Gasteiger partial charge in [-0.2, -0.15) is 10.2 Å². The van der Waals surface area contributed by atoms with Crippen molar-refractivity contribution < 1.29 is 9.72 Å². The van der Waals surface area contributed by atoms with E-state index >= 15 is 0 Å². The zero-order valence-electron chi connectivity index (χ0n) is 14.0. The Hall–Kier alpha value is -2.42. The van der Waals surface area contributed by atoms with Crippen molar-refractivity contribution in [3.63, 3.8) is 0 Å². The molecular weight excluding hydrogens is 336 g/mol. The van der Waals surface area contributed by atoms with Crippen LogP contribution in [0.1, 0.15) is 34.0 Å². The van der Waals surface area contributed by atoms with Gasteiger partial charge in [0.1, 0.15) is 5.69 Å². The van der Waals surface area contributed by atoms with E-state index in [9.17, 15) is 14.9 Å². The predicted molar refractivity (Wildman–Crippen MR) is 88.3 cm³/mol. The van der Waals surface area contributed by atoms with Crippen LogP contribution in [0.3, 0.4) is 0 Å². The molecule has 2 aromatic rings. The van der Waals surface area contributed by atoms with Gasteiger partial charge in [-0.25, -0.2) is 0 Å². The average Bonchev–Trinajstić information content (AvgIpc) is 2.95. The number of halogens is 1. The van der Waals surface area contributed by atoms with Crippen molar-refractivity contribution >= 4 is 23.2 Å². The Morgan fingerprint density at radius 3 is 2.50 bits per heavy atom. The summed E-state index contributed by atoms with van der Waals surface area (Å²) in [6.07, 6.45) is 0.615. The molecule has 0 aliphatic carbocycles. The van der Waals surface area contributed by atoms with Gasteiger partial charge in [0.2, 0.25) is 5.69 Å². The molecule has 10 heteroatoms. The lowest BCUT2D eigenvalue weighted by molar-refractivity contribution is -0.385. The summed E-state index contributed by atoms with van der Waals surface area (Å²) in [5, 5.41) is 22.6. The van der Waals surface area contributed by atoms with Crippen LogP contribution in [0.2, 0.25) is 5.02 Å². The third kappa shape index (κ3) is 3.40. The third-order valence-corrected chi connectivity index (χ3v) is 4.37. The van der Waals surface area contributed by atoms with Gasteiger partial charge in [0, 0.05) is 20.1 Å². The molecule has 2 heterocycles. The van der Waals surface area contributed by atoms with Gasteiger partial charge in [0.25, 0.3) is 5.91 Å². The van der Waals surface area contributed by atoms with Crippen molar-refractivity contribution in [1.29, 1.82) is 0 Å². The summed E-state index contributed by atoms with van der Waals surface area (Å²) in [4.78, 5) is 22.6. The van der Waals surface area contributed by atoms with Crippen molar-refractivity contribution in [2.75, 3.05) is 6.54 Å². The standard InChI is InChI=1S/C14H19ClN6O3/c1-8-11(15)9(2)20(17-8)7-5-6-16-14(22)12-13(21(23)24)10(3)19(4)18-12/h5-7H2,1-4H3,(H,16,22). The van der Waals surface area contributed by atoms with Gasteiger partial charge in [-0.1, -0.05) is 11.6 Å². The van der Waals surface area contributed by atoms with Gasteiger partial charge in [-0.3, -0.25) is 24.3 Å². The van der Waals surface area contributed by atoms with E-state index in [1.807, 2.05) is 13.8 Å². The maximum absolute atomic E-state index is 12.1. The van der Waals surface area contributed by atoms with Gasteiger partial charge in [-0.15, -0.1) is 0 Å². The molecule has 0 fully saturated rings. The summed E-state index contributed by atoms with van der Waals surface area (Å²) in [6, 6.07) is 0. The maximum Gasteiger partial charge on any atom is 0.322 e. The Bertz CT molecular complexity index is 795. The highest BCUT2D eigenvalue weighted by Crippen LogP contribution is 2.22. The number of aromatic nitrogens is 4. The Morgan fingerprint density at radius 1 is 1.29 bits per heavy atom. The van der Waals surface area contributed by atoms with Crippen LogP contribution < -0.4 is 5.32 Å². The van der Waals surface area contributed by atoms with Gasteiger partial charge in [0.15, 0.2) is 0 Å². The summed E-state index contributed by atoms with van der Waals surface area (Å²) in [5.41, 5.74) is 1.53. The van der Waals surface area contributed by atoms with E-state index in [1.165, 1.54) is 4.68 Å². The molecular formula is C14H19ClN6O3. The predicted octanol–water partition coefficient (Wildman–Crippen LogP) is 1.92. The first-order valence-electron chi connectivity index (χ1n) is 7.39. The second-order valence-corrected chi connectivity index (χ2v) is 5.86. The monoisotopic (exact) mass is 354 g/mol. The molecule has 0 atom stereocenters. The average molecular weight is 355 g/mol. The summed E-state index contributed by atoms with van der Waals surface area (Å²) < 4.78 is 3.10. The minimum absolute atomic E-state index is 0.172. The van der Waals surface area contributed by atoms with Gasteiger partial charge in [0.05, 0.1) is 21.3 Å². The number of hydrogen-bond acceptors (Lipinski definition) is 5. The molecule has 0 spiro atoms. The first-order valence-corrected chi connectivity index (χ1v) is 7.77. The number of amides is 1. The first-order chi connectivity index (χ1) is 11.2. The second-order valence-electron chi connectivity index (χ2n) is 5.48. The van der Waals surface area contributed by atoms with Crippen LogP contribution in [0.5, 0.6) is 0 Å². The van der Waals surface area contributed by atoms with Crippen molar-refractivity contribution in [3.05, 3.63) is 37.9 Å². The Morgan fingerprint density at radius 2 is 1.96 bits per heavy atom. The van der Waals surface area contributed by atoms with E-state index in [2.05, 4.69) is 15.5 Å². The molecule has 0 aliphatic rings. The molecule has 24 heavy (non-hydrogen) atoms. The summed E-state index contributed by atoms with van der Waals surface area (Å²) >= 11 is 6.08. The molecule has 1 N–H and O–H groups in total. The molecule has 130 valence electrons. The van der Waals surface area contributed by atoms with Crippen LogP contribution >= 0.6 is 11.6 Å². The SMILES string of the molecule is Cc1nn(CCCNC(=O)c2nn(C)c(C)c2[N+](=O)[O-])c(C)c1Cl. The Labute approximate surface area is 143 Å². The smallest absolute Gasteiger partial charge is 0.322 e. The minimum atomic E-state index is -0.588. The lowest BCUT2D eigenvalue weighted by Gasteiger charge is -2.05. The molecule has 1 amide bonds. The van der Waals surface area contributed by atoms with Crippen molar-refractivity contribution in [3.8, 4) is 0 Å². The quantitative estimate of drug-likeness (QED) is 0.484. The third-order valence-electron chi connectivity index (χ3n) is 3.83. The molecule has 0 saturated heterocycles. The number of carbonyl (C=O) groups excluding carboxylic acids is 1. The van der Waals surface area contributed by atoms with E-state index in [0.29, 0.717) is 30.2 Å². The molecule has 2 rings (SSSR count). The van der Waals surface area contributed by atoms with Crippen LogP contribution in [0.15, 0.2) is 0 Å². The highest BCUT2D eigenvalue weighted by molar-refractivity contribution is 6.31. The van der Waals surface area contributed by atoms with E-state index in [-0.39, 0.29) is 11.4 Å². The molecule has 0 radical (unpaired) electrons. The summed E-state index contributed by atoms with van der Waals surface area (Å²) in [6.45, 7) is 6.19. The fourth-order valence-corrected chi connectivity index (χ4v) is 2.51. The number of aryl methyl sites for hydroxylation is 3. The number of hydrogen-bond donors (Lipinski definition) is 1. The van der Waals surface area contributed by atoms with E-state index in [4.69, 9.17) is 11.6 Å². The highest BCUT2D eigenvalue weighted by Gasteiger charge is 2.28. The molecule has 0 aliphatic heterocycles.